The molecule has 1 amide bonds. The molecule has 3 rings (SSSR count). The Kier molecular flexibility index (Phi) is 5.68. The zero-order valence-electron chi connectivity index (χ0n) is 14.8. The van der Waals surface area contributed by atoms with Gasteiger partial charge in [-0.15, -0.1) is 0 Å². The third-order valence-electron chi connectivity index (χ3n) is 4.45. The minimum atomic E-state index is -1.27. The van der Waals surface area contributed by atoms with Crippen molar-refractivity contribution in [2.75, 3.05) is 18.8 Å². The molecule has 1 aromatic carbocycles. The van der Waals surface area contributed by atoms with Gasteiger partial charge in [-0.05, 0) is 45.2 Å². The van der Waals surface area contributed by atoms with Gasteiger partial charge in [0.05, 0.1) is 11.4 Å². The highest BCUT2D eigenvalue weighted by atomic mass is 32.2. The topological polar surface area (TPSA) is 63.4 Å². The molecular weight excluding hydrogens is 336 g/mol. The van der Waals surface area contributed by atoms with E-state index in [1.165, 1.54) is 6.42 Å². The van der Waals surface area contributed by atoms with Crippen molar-refractivity contribution < 1.29 is 13.4 Å². The van der Waals surface area contributed by atoms with Crippen molar-refractivity contribution in [3.63, 3.8) is 0 Å². The number of oxazole rings is 1. The maximum Gasteiger partial charge on any atom is 0.235 e. The van der Waals surface area contributed by atoms with Crippen molar-refractivity contribution in [1.29, 1.82) is 0 Å². The number of hydrogen-bond donors (Lipinski definition) is 0. The number of nitrogens with zero attached hydrogens (tertiary/aromatic N) is 2. The summed E-state index contributed by atoms with van der Waals surface area (Å²) in [5.74, 6) is 1.50. The van der Waals surface area contributed by atoms with Gasteiger partial charge in [0.1, 0.15) is 11.5 Å². The van der Waals surface area contributed by atoms with E-state index >= 15 is 0 Å². The molecule has 25 heavy (non-hydrogen) atoms. The summed E-state index contributed by atoms with van der Waals surface area (Å²) in [5.41, 5.74) is 2.71. The SMILES string of the molecule is Cc1cccc(-c2nc(C[S@@](=O)CC(=O)N3CCCCC3)c(C)o2)c1. The third-order valence-corrected chi connectivity index (χ3v) is 5.61. The largest absolute Gasteiger partial charge is 0.441 e. The molecule has 0 N–H and O–H groups in total. The molecule has 0 aliphatic carbocycles. The highest BCUT2D eigenvalue weighted by molar-refractivity contribution is 7.84. The number of aryl methyl sites for hydroxylation is 2. The van der Waals surface area contributed by atoms with Crippen LogP contribution in [0.2, 0.25) is 0 Å². The van der Waals surface area contributed by atoms with Crippen molar-refractivity contribution in [3.05, 3.63) is 41.3 Å². The monoisotopic (exact) mass is 360 g/mol. The fourth-order valence-electron chi connectivity index (χ4n) is 3.04. The lowest BCUT2D eigenvalue weighted by Crippen LogP contribution is -2.38. The molecule has 0 spiro atoms. The number of rotatable bonds is 5. The number of amides is 1. The second kappa shape index (κ2) is 7.95. The van der Waals surface area contributed by atoms with Crippen molar-refractivity contribution in [2.24, 2.45) is 0 Å². The first-order valence-electron chi connectivity index (χ1n) is 8.69. The van der Waals surface area contributed by atoms with E-state index in [4.69, 9.17) is 4.42 Å². The molecular formula is C19H24N2O3S. The van der Waals surface area contributed by atoms with Crippen LogP contribution in [-0.2, 0) is 21.3 Å². The molecule has 6 heteroatoms. The van der Waals surface area contributed by atoms with E-state index < -0.39 is 10.8 Å². The van der Waals surface area contributed by atoms with Crippen LogP contribution in [-0.4, -0.2) is 38.8 Å². The fraction of sp³-hybridized carbons (Fsp3) is 0.474. The first kappa shape index (κ1) is 17.9. The number of piperidine rings is 1. The average Bonchev–Trinajstić information content (AvgIpc) is 2.96. The number of aromatic nitrogens is 1. The summed E-state index contributed by atoms with van der Waals surface area (Å²) in [7, 11) is -1.27. The smallest absolute Gasteiger partial charge is 0.235 e. The molecule has 1 saturated heterocycles. The zero-order valence-corrected chi connectivity index (χ0v) is 15.6. The van der Waals surface area contributed by atoms with Crippen LogP contribution in [0.4, 0.5) is 0 Å². The third kappa shape index (κ3) is 4.57. The van der Waals surface area contributed by atoms with Crippen LogP contribution in [0.25, 0.3) is 11.5 Å². The Bertz CT molecular complexity index is 779. The van der Waals surface area contributed by atoms with E-state index in [-0.39, 0.29) is 17.4 Å². The molecule has 0 unspecified atom stereocenters. The van der Waals surface area contributed by atoms with E-state index in [9.17, 15) is 9.00 Å². The number of hydrogen-bond acceptors (Lipinski definition) is 4. The van der Waals surface area contributed by atoms with Gasteiger partial charge in [0.15, 0.2) is 0 Å². The van der Waals surface area contributed by atoms with Gasteiger partial charge in [-0.25, -0.2) is 4.98 Å². The second-order valence-corrected chi connectivity index (χ2v) is 8.02. The average molecular weight is 360 g/mol. The number of benzene rings is 1. The van der Waals surface area contributed by atoms with Gasteiger partial charge >= 0.3 is 0 Å². The van der Waals surface area contributed by atoms with E-state index in [0.717, 1.165) is 37.1 Å². The van der Waals surface area contributed by atoms with Gasteiger partial charge in [-0.2, -0.15) is 0 Å². The maximum atomic E-state index is 12.4. The summed E-state index contributed by atoms with van der Waals surface area (Å²) < 4.78 is 18.1. The molecule has 0 radical (unpaired) electrons. The number of carbonyl (C=O) groups excluding carboxylic acids is 1. The van der Waals surface area contributed by atoms with Crippen LogP contribution in [0.15, 0.2) is 28.7 Å². The number of likely N-dealkylation sites (tertiary alicyclic amines) is 1. The molecule has 1 aromatic heterocycles. The normalized spacial score (nSPS) is 16.0. The van der Waals surface area contributed by atoms with Crippen LogP contribution in [0.1, 0.15) is 36.3 Å². The molecule has 134 valence electrons. The van der Waals surface area contributed by atoms with Crippen molar-refractivity contribution in [1.82, 2.24) is 9.88 Å². The Balaban J connectivity index is 1.64. The summed E-state index contributed by atoms with van der Waals surface area (Å²) in [4.78, 5) is 18.6. The Morgan fingerprint density at radius 1 is 1.24 bits per heavy atom. The van der Waals surface area contributed by atoms with Gasteiger partial charge in [-0.3, -0.25) is 9.00 Å². The Morgan fingerprint density at radius 3 is 2.72 bits per heavy atom. The van der Waals surface area contributed by atoms with Crippen LogP contribution in [0.5, 0.6) is 0 Å². The van der Waals surface area contributed by atoms with Crippen molar-refractivity contribution >= 4 is 16.7 Å². The van der Waals surface area contributed by atoms with Gasteiger partial charge in [0, 0.05) is 29.5 Å². The molecule has 0 saturated carbocycles. The molecule has 0 bridgehead atoms. The first-order valence-corrected chi connectivity index (χ1v) is 10.2. The Hall–Kier alpha value is -1.95. The lowest BCUT2D eigenvalue weighted by molar-refractivity contribution is -0.129. The predicted octanol–water partition coefficient (Wildman–Crippen LogP) is 3.22. The van der Waals surface area contributed by atoms with E-state index in [1.54, 1.807) is 0 Å². The lowest BCUT2D eigenvalue weighted by atomic mass is 10.1. The van der Waals surface area contributed by atoms with Crippen LogP contribution in [0.3, 0.4) is 0 Å². The van der Waals surface area contributed by atoms with Crippen molar-refractivity contribution in [2.45, 2.75) is 38.9 Å². The van der Waals surface area contributed by atoms with E-state index in [2.05, 4.69) is 4.98 Å². The van der Waals surface area contributed by atoms with Gasteiger partial charge in [-0.1, -0.05) is 17.7 Å². The van der Waals surface area contributed by atoms with Gasteiger partial charge < -0.3 is 9.32 Å². The number of carbonyl (C=O) groups is 1. The van der Waals surface area contributed by atoms with Crippen molar-refractivity contribution in [3.8, 4) is 11.5 Å². The summed E-state index contributed by atoms with van der Waals surface area (Å²) >= 11 is 0. The molecule has 2 heterocycles. The predicted molar refractivity (Wildman–Crippen MR) is 98.6 cm³/mol. The standard InChI is InChI=1S/C19H24N2O3S/c1-14-7-6-8-16(11-14)19-20-17(15(2)24-19)12-25(23)13-18(22)21-9-4-3-5-10-21/h6-8,11H,3-5,9-10,12-13H2,1-2H3/t25-/m1/s1. The summed E-state index contributed by atoms with van der Waals surface area (Å²) in [6.07, 6.45) is 3.26. The van der Waals surface area contributed by atoms with E-state index in [0.29, 0.717) is 17.3 Å². The van der Waals surface area contributed by atoms with Gasteiger partial charge in [0.25, 0.3) is 0 Å². The van der Waals surface area contributed by atoms with E-state index in [1.807, 2.05) is 43.0 Å². The van der Waals surface area contributed by atoms with Crippen LogP contribution < -0.4 is 0 Å². The Morgan fingerprint density at radius 2 is 2.00 bits per heavy atom. The summed E-state index contributed by atoms with van der Waals surface area (Å²) in [6, 6.07) is 7.92. The fourth-order valence-corrected chi connectivity index (χ4v) is 4.17. The maximum absolute atomic E-state index is 12.4. The van der Waals surface area contributed by atoms with Gasteiger partial charge in [0.2, 0.25) is 11.8 Å². The molecule has 1 fully saturated rings. The molecule has 2 aromatic rings. The quantitative estimate of drug-likeness (QED) is 0.821. The van der Waals surface area contributed by atoms with Crippen LogP contribution in [0, 0.1) is 13.8 Å². The second-order valence-electron chi connectivity index (χ2n) is 6.56. The minimum Gasteiger partial charge on any atom is -0.441 e. The molecule has 1 aliphatic rings. The minimum absolute atomic E-state index is 0.0157. The summed E-state index contributed by atoms with van der Waals surface area (Å²) in [5, 5.41) is 0. The van der Waals surface area contributed by atoms with Crippen LogP contribution >= 0.6 is 0 Å². The first-order chi connectivity index (χ1) is 12.0. The zero-order chi connectivity index (χ0) is 17.8. The molecule has 1 atom stereocenters. The highest BCUT2D eigenvalue weighted by Gasteiger charge is 2.20. The molecule has 1 aliphatic heterocycles. The summed E-state index contributed by atoms with van der Waals surface area (Å²) in [6.45, 7) is 5.42. The highest BCUT2D eigenvalue weighted by Crippen LogP contribution is 2.23. The lowest BCUT2D eigenvalue weighted by Gasteiger charge is -2.26. The Labute approximate surface area is 150 Å². The molecule has 5 nitrogen and oxygen atoms in total.